The lowest BCUT2D eigenvalue weighted by Gasteiger charge is -2.36. The van der Waals surface area contributed by atoms with Crippen molar-refractivity contribution in [2.45, 2.75) is 45.2 Å². The lowest BCUT2D eigenvalue weighted by Crippen LogP contribution is -2.54. The molecule has 1 N–H and O–H groups in total. The molecular formula is C25H24N4O5. The van der Waals surface area contributed by atoms with Gasteiger partial charge >= 0.3 is 0 Å². The molecule has 3 saturated heterocycles. The average molecular weight is 460 g/mol. The van der Waals surface area contributed by atoms with Gasteiger partial charge in [-0.1, -0.05) is 12.1 Å². The molecule has 2 aromatic carbocycles. The monoisotopic (exact) mass is 460 g/mol. The van der Waals surface area contributed by atoms with Gasteiger partial charge in [0.05, 0.1) is 22.4 Å². The summed E-state index contributed by atoms with van der Waals surface area (Å²) in [7, 11) is 0. The number of hydrogen-bond donors (Lipinski definition) is 1. The van der Waals surface area contributed by atoms with Gasteiger partial charge in [-0.05, 0) is 62.9 Å². The standard InChI is InChI=1S/C25H24N4O5/c1-12-6-8-16-21(14(12)3)26-24(32)25(16)20-19(18-5-4-10-27(18)25)22(30)28(23(20)31)17-9-7-15(29(33)34)11-13(17)2/h6-9,11,18-20H,4-5,10H2,1-3H3,(H,26,32)/t18-,19-,20-,25+/m1/s1. The minimum atomic E-state index is -1.23. The summed E-state index contributed by atoms with van der Waals surface area (Å²) in [6.07, 6.45) is 1.59. The van der Waals surface area contributed by atoms with Crippen LogP contribution >= 0.6 is 0 Å². The molecule has 1 spiro atoms. The number of anilines is 2. The van der Waals surface area contributed by atoms with E-state index in [1.54, 1.807) is 6.92 Å². The number of hydrogen-bond acceptors (Lipinski definition) is 6. The normalized spacial score (nSPS) is 29.6. The van der Waals surface area contributed by atoms with Gasteiger partial charge in [-0.25, -0.2) is 4.90 Å². The highest BCUT2D eigenvalue weighted by Gasteiger charge is 2.74. The van der Waals surface area contributed by atoms with Crippen molar-refractivity contribution in [1.82, 2.24) is 4.90 Å². The van der Waals surface area contributed by atoms with Crippen LogP contribution in [0.1, 0.15) is 35.1 Å². The molecule has 9 heteroatoms. The van der Waals surface area contributed by atoms with Crippen molar-refractivity contribution in [2.75, 3.05) is 16.8 Å². The Morgan fingerprint density at radius 2 is 1.82 bits per heavy atom. The van der Waals surface area contributed by atoms with Gasteiger partial charge in [-0.15, -0.1) is 0 Å². The number of imide groups is 1. The third-order valence-corrected chi connectivity index (χ3v) is 8.33. The largest absolute Gasteiger partial charge is 0.324 e. The van der Waals surface area contributed by atoms with Crippen LogP contribution < -0.4 is 10.2 Å². The summed E-state index contributed by atoms with van der Waals surface area (Å²) < 4.78 is 0. The summed E-state index contributed by atoms with van der Waals surface area (Å²) in [5.74, 6) is -2.47. The first kappa shape index (κ1) is 21.0. The van der Waals surface area contributed by atoms with Gasteiger partial charge in [0, 0.05) is 29.4 Å². The SMILES string of the molecule is Cc1cc([N+](=O)[O-])ccc1N1C(=O)[C@@H]2[C@H]3CCCN3[C@]3(C(=O)Nc4c3ccc(C)c4C)[C@H]2C1=O. The molecule has 4 aliphatic rings. The molecule has 0 aromatic heterocycles. The van der Waals surface area contributed by atoms with Crippen molar-refractivity contribution in [3.63, 3.8) is 0 Å². The number of aryl methyl sites for hydroxylation is 2. The quantitative estimate of drug-likeness (QED) is 0.419. The molecule has 4 heterocycles. The van der Waals surface area contributed by atoms with Crippen LogP contribution in [0.5, 0.6) is 0 Å². The maximum atomic E-state index is 14.0. The van der Waals surface area contributed by atoms with Crippen molar-refractivity contribution >= 4 is 34.8 Å². The highest BCUT2D eigenvalue weighted by atomic mass is 16.6. The minimum absolute atomic E-state index is 0.103. The predicted octanol–water partition coefficient (Wildman–Crippen LogP) is 2.95. The Kier molecular flexibility index (Phi) is 4.15. The first-order valence-corrected chi connectivity index (χ1v) is 11.5. The van der Waals surface area contributed by atoms with Crippen LogP contribution in [0, 0.1) is 42.7 Å². The topological polar surface area (TPSA) is 113 Å². The Hall–Kier alpha value is -3.59. The molecule has 3 fully saturated rings. The van der Waals surface area contributed by atoms with Gasteiger partial charge in [0.15, 0.2) is 0 Å². The van der Waals surface area contributed by atoms with E-state index in [0.717, 1.165) is 40.1 Å². The molecule has 6 rings (SSSR count). The Morgan fingerprint density at radius 3 is 2.53 bits per heavy atom. The smallest absolute Gasteiger partial charge is 0.269 e. The molecule has 34 heavy (non-hydrogen) atoms. The van der Waals surface area contributed by atoms with E-state index < -0.39 is 28.2 Å². The summed E-state index contributed by atoms with van der Waals surface area (Å²) in [4.78, 5) is 55.5. The van der Waals surface area contributed by atoms with Gasteiger partial charge in [0.2, 0.25) is 17.7 Å². The van der Waals surface area contributed by atoms with Crippen LogP contribution in [-0.2, 0) is 19.9 Å². The molecule has 2 aromatic rings. The van der Waals surface area contributed by atoms with E-state index in [1.165, 1.54) is 18.2 Å². The summed E-state index contributed by atoms with van der Waals surface area (Å²) in [6.45, 7) is 6.23. The fourth-order valence-corrected chi connectivity index (χ4v) is 6.76. The van der Waals surface area contributed by atoms with Crippen molar-refractivity contribution < 1.29 is 19.3 Å². The van der Waals surface area contributed by atoms with E-state index >= 15 is 0 Å². The minimum Gasteiger partial charge on any atom is -0.324 e. The Labute approximate surface area is 195 Å². The summed E-state index contributed by atoms with van der Waals surface area (Å²) in [6, 6.07) is 7.81. The Bertz CT molecular complexity index is 1340. The first-order valence-electron chi connectivity index (χ1n) is 11.5. The molecule has 0 radical (unpaired) electrons. The fraction of sp³-hybridized carbons (Fsp3) is 0.400. The second kappa shape index (κ2) is 6.73. The van der Waals surface area contributed by atoms with Gasteiger partial charge in [0.25, 0.3) is 5.69 Å². The van der Waals surface area contributed by atoms with Crippen LogP contribution in [0.15, 0.2) is 30.3 Å². The number of fused-ring (bicyclic) bond motifs is 7. The van der Waals surface area contributed by atoms with E-state index in [9.17, 15) is 24.5 Å². The molecular weight excluding hydrogens is 436 g/mol. The van der Waals surface area contributed by atoms with Gasteiger partial charge in [-0.2, -0.15) is 0 Å². The molecule has 174 valence electrons. The number of carbonyl (C=O) groups excluding carboxylic acids is 3. The number of nitro groups is 1. The predicted molar refractivity (Wildman–Crippen MR) is 123 cm³/mol. The molecule has 4 atom stereocenters. The number of benzene rings is 2. The number of carbonyl (C=O) groups is 3. The molecule has 0 saturated carbocycles. The van der Waals surface area contributed by atoms with Crippen molar-refractivity contribution in [1.29, 1.82) is 0 Å². The zero-order valence-electron chi connectivity index (χ0n) is 19.1. The van der Waals surface area contributed by atoms with E-state index in [-0.39, 0.29) is 23.5 Å². The highest BCUT2D eigenvalue weighted by molar-refractivity contribution is 6.26. The van der Waals surface area contributed by atoms with Crippen LogP contribution in [-0.4, -0.2) is 40.1 Å². The zero-order chi connectivity index (χ0) is 24.1. The maximum absolute atomic E-state index is 14.0. The van der Waals surface area contributed by atoms with Crippen molar-refractivity contribution in [3.05, 3.63) is 62.7 Å². The number of nitrogens with zero attached hydrogens (tertiary/aromatic N) is 3. The third-order valence-electron chi connectivity index (χ3n) is 8.33. The molecule has 3 amide bonds. The molecule has 0 aliphatic carbocycles. The molecule has 9 nitrogen and oxygen atoms in total. The van der Waals surface area contributed by atoms with Crippen molar-refractivity contribution in [2.24, 2.45) is 11.8 Å². The Balaban J connectivity index is 1.54. The molecule has 4 aliphatic heterocycles. The lowest BCUT2D eigenvalue weighted by molar-refractivity contribution is -0.384. The summed E-state index contributed by atoms with van der Waals surface area (Å²) in [5, 5.41) is 14.2. The number of nitrogens with one attached hydrogen (secondary N) is 1. The summed E-state index contributed by atoms with van der Waals surface area (Å²) >= 11 is 0. The van der Waals surface area contributed by atoms with E-state index in [2.05, 4.69) is 10.2 Å². The van der Waals surface area contributed by atoms with E-state index in [4.69, 9.17) is 0 Å². The van der Waals surface area contributed by atoms with E-state index in [1.807, 2.05) is 26.0 Å². The zero-order valence-corrected chi connectivity index (χ0v) is 19.1. The number of rotatable bonds is 2. The van der Waals surface area contributed by atoms with Crippen LogP contribution in [0.3, 0.4) is 0 Å². The first-order chi connectivity index (χ1) is 16.2. The Morgan fingerprint density at radius 1 is 1.06 bits per heavy atom. The molecule has 0 bridgehead atoms. The number of nitro benzene ring substituents is 1. The lowest BCUT2D eigenvalue weighted by atomic mass is 9.75. The molecule has 0 unspecified atom stereocenters. The van der Waals surface area contributed by atoms with Gasteiger partial charge in [0.1, 0.15) is 5.54 Å². The second-order valence-corrected chi connectivity index (χ2v) is 9.80. The number of amides is 3. The fourth-order valence-electron chi connectivity index (χ4n) is 6.76. The maximum Gasteiger partial charge on any atom is 0.269 e. The third kappa shape index (κ3) is 2.30. The second-order valence-electron chi connectivity index (χ2n) is 9.80. The average Bonchev–Trinajstić information content (AvgIpc) is 3.50. The summed E-state index contributed by atoms with van der Waals surface area (Å²) in [5.41, 5.74) is 2.99. The van der Waals surface area contributed by atoms with Crippen LogP contribution in [0.25, 0.3) is 0 Å². The van der Waals surface area contributed by atoms with Crippen LogP contribution in [0.4, 0.5) is 17.1 Å². The van der Waals surface area contributed by atoms with Crippen molar-refractivity contribution in [3.8, 4) is 0 Å². The van der Waals surface area contributed by atoms with Gasteiger partial charge < -0.3 is 5.32 Å². The van der Waals surface area contributed by atoms with Gasteiger partial charge in [-0.3, -0.25) is 29.4 Å². The highest BCUT2D eigenvalue weighted by Crippen LogP contribution is 2.61. The van der Waals surface area contributed by atoms with E-state index in [0.29, 0.717) is 17.8 Å². The number of non-ortho nitro benzene ring substituents is 1. The van der Waals surface area contributed by atoms with Crippen LogP contribution in [0.2, 0.25) is 0 Å².